The number of halogens is 3. The van der Waals surface area contributed by atoms with Gasteiger partial charge >= 0.3 is 6.18 Å². The number of benzene rings is 1. The third-order valence-corrected chi connectivity index (χ3v) is 2.04. The van der Waals surface area contributed by atoms with Crippen molar-refractivity contribution in [3.63, 3.8) is 0 Å². The lowest BCUT2D eigenvalue weighted by atomic mass is 9.96. The smallest absolute Gasteiger partial charge is 0.300 e. The molecule has 4 heteroatoms. The molecule has 0 aromatic heterocycles. The maximum atomic E-state index is 12.2. The van der Waals surface area contributed by atoms with Crippen LogP contribution in [-0.2, 0) is 0 Å². The third-order valence-electron chi connectivity index (χ3n) is 2.04. The van der Waals surface area contributed by atoms with Gasteiger partial charge < -0.3 is 0 Å². The van der Waals surface area contributed by atoms with E-state index in [9.17, 15) is 13.2 Å². The summed E-state index contributed by atoms with van der Waals surface area (Å²) in [6.07, 6.45) is -4.53. The lowest BCUT2D eigenvalue weighted by Gasteiger charge is -2.15. The van der Waals surface area contributed by atoms with E-state index in [-0.39, 0.29) is 0 Å². The van der Waals surface area contributed by atoms with Crippen LogP contribution in [0.15, 0.2) is 30.3 Å². The van der Waals surface area contributed by atoms with Crippen molar-refractivity contribution in [3.05, 3.63) is 35.9 Å². The molecule has 0 amide bonds. The Kier molecular flexibility index (Phi) is 2.93. The number of alkyl halides is 3. The third kappa shape index (κ3) is 2.34. The fourth-order valence-corrected chi connectivity index (χ4v) is 1.15. The van der Waals surface area contributed by atoms with Crippen LogP contribution in [0.25, 0.3) is 0 Å². The second-order valence-corrected chi connectivity index (χ2v) is 3.04. The maximum absolute atomic E-state index is 12.2. The summed E-state index contributed by atoms with van der Waals surface area (Å²) in [5.41, 5.74) is -0.696. The molecule has 1 rings (SSSR count). The molecule has 1 atom stereocenters. The van der Waals surface area contributed by atoms with Crippen LogP contribution in [0.5, 0.6) is 0 Å². The summed E-state index contributed by atoms with van der Waals surface area (Å²) < 4.78 is 36.5. The Labute approximate surface area is 80.1 Å². The predicted octanol–water partition coefficient (Wildman–Crippen LogP) is 3.37. The molecule has 0 saturated heterocycles. The van der Waals surface area contributed by atoms with Gasteiger partial charge in [-0.15, -0.1) is 0 Å². The molecule has 0 bridgehead atoms. The summed E-state index contributed by atoms with van der Waals surface area (Å²) in [5.74, 6) is -0.906. The first-order chi connectivity index (χ1) is 6.43. The van der Waals surface area contributed by atoms with Crippen LogP contribution < -0.4 is 0 Å². The zero-order valence-electron chi connectivity index (χ0n) is 7.60. The minimum absolute atomic E-state index is 0.509. The van der Waals surface area contributed by atoms with Crippen LogP contribution in [-0.4, -0.2) is 11.9 Å². The molecule has 0 fully saturated rings. The Hall–Kier alpha value is -1.32. The molecule has 0 heterocycles. The topological polar surface area (TPSA) is 23.9 Å². The number of hydrogen-bond donors (Lipinski definition) is 1. The van der Waals surface area contributed by atoms with Crippen molar-refractivity contribution in [3.8, 4) is 0 Å². The molecule has 0 aliphatic carbocycles. The summed E-state index contributed by atoms with van der Waals surface area (Å²) in [6, 6.07) is 8.23. The van der Waals surface area contributed by atoms with E-state index in [4.69, 9.17) is 5.41 Å². The van der Waals surface area contributed by atoms with Crippen molar-refractivity contribution in [1.29, 1.82) is 5.41 Å². The van der Waals surface area contributed by atoms with Crippen molar-refractivity contribution >= 4 is 5.71 Å². The van der Waals surface area contributed by atoms with Crippen LogP contribution in [0.3, 0.4) is 0 Å². The number of hydrogen-bond acceptors (Lipinski definition) is 1. The van der Waals surface area contributed by atoms with Crippen LogP contribution in [0, 0.1) is 5.41 Å². The first-order valence-corrected chi connectivity index (χ1v) is 4.13. The van der Waals surface area contributed by atoms with Crippen molar-refractivity contribution in [2.75, 3.05) is 0 Å². The van der Waals surface area contributed by atoms with Gasteiger partial charge in [0.25, 0.3) is 0 Å². The second kappa shape index (κ2) is 3.82. The highest BCUT2D eigenvalue weighted by molar-refractivity contribution is 5.92. The van der Waals surface area contributed by atoms with Crippen molar-refractivity contribution in [1.82, 2.24) is 0 Å². The maximum Gasteiger partial charge on any atom is 0.429 e. The molecule has 0 unspecified atom stereocenters. The van der Waals surface area contributed by atoms with Gasteiger partial charge in [-0.25, -0.2) is 0 Å². The first-order valence-electron chi connectivity index (χ1n) is 4.13. The van der Waals surface area contributed by atoms with E-state index < -0.39 is 17.8 Å². The Balaban J connectivity index is 2.87. The SMILES string of the molecule is C[C@@H](C(=N)C(F)(F)F)c1ccccc1. The first kappa shape index (κ1) is 10.8. The van der Waals surface area contributed by atoms with Crippen LogP contribution in [0.1, 0.15) is 18.4 Å². The summed E-state index contributed by atoms with van der Waals surface area (Å²) >= 11 is 0. The van der Waals surface area contributed by atoms with Crippen molar-refractivity contribution in [2.45, 2.75) is 19.0 Å². The zero-order chi connectivity index (χ0) is 10.8. The summed E-state index contributed by atoms with van der Waals surface area (Å²) in [4.78, 5) is 0. The molecule has 76 valence electrons. The predicted molar refractivity (Wildman–Crippen MR) is 48.6 cm³/mol. The van der Waals surface area contributed by atoms with E-state index in [1.54, 1.807) is 30.3 Å². The van der Waals surface area contributed by atoms with Gasteiger partial charge in [-0.1, -0.05) is 37.3 Å². The zero-order valence-corrected chi connectivity index (χ0v) is 7.60. The molecular formula is C10H10F3N. The summed E-state index contributed by atoms with van der Waals surface area (Å²) in [5, 5.41) is 6.96. The van der Waals surface area contributed by atoms with E-state index in [0.717, 1.165) is 0 Å². The van der Waals surface area contributed by atoms with Gasteiger partial charge in [-0.05, 0) is 5.56 Å². The van der Waals surface area contributed by atoms with Crippen LogP contribution in [0.4, 0.5) is 13.2 Å². The van der Waals surface area contributed by atoms with Gasteiger partial charge in [0.1, 0.15) is 5.71 Å². The van der Waals surface area contributed by atoms with Gasteiger partial charge in [0, 0.05) is 5.92 Å². The molecule has 0 saturated carbocycles. The van der Waals surface area contributed by atoms with E-state index in [1.807, 2.05) is 0 Å². The molecule has 0 aliphatic rings. The van der Waals surface area contributed by atoms with Gasteiger partial charge in [-0.2, -0.15) is 13.2 Å². The van der Waals surface area contributed by atoms with Crippen molar-refractivity contribution < 1.29 is 13.2 Å². The van der Waals surface area contributed by atoms with E-state index in [1.165, 1.54) is 6.92 Å². The lowest BCUT2D eigenvalue weighted by molar-refractivity contribution is -0.0619. The Bertz CT molecular complexity index is 316. The van der Waals surface area contributed by atoms with Crippen molar-refractivity contribution in [2.24, 2.45) is 0 Å². The fourth-order valence-electron chi connectivity index (χ4n) is 1.15. The standard InChI is InChI=1S/C10H10F3N/c1-7(9(14)10(11,12)13)8-5-3-2-4-6-8/h2-7,14H,1H3/t7-/m1/s1. The van der Waals surface area contributed by atoms with Gasteiger partial charge in [0.05, 0.1) is 0 Å². The average Bonchev–Trinajstić information content (AvgIpc) is 2.15. The summed E-state index contributed by atoms with van der Waals surface area (Å²) in [6.45, 7) is 1.38. The highest BCUT2D eigenvalue weighted by atomic mass is 19.4. The normalized spacial score (nSPS) is 13.7. The molecule has 0 spiro atoms. The average molecular weight is 201 g/mol. The lowest BCUT2D eigenvalue weighted by Crippen LogP contribution is -2.26. The highest BCUT2D eigenvalue weighted by Crippen LogP contribution is 2.27. The molecular weight excluding hydrogens is 191 g/mol. The number of nitrogens with one attached hydrogen (secondary N) is 1. The molecule has 1 N–H and O–H groups in total. The Morgan fingerprint density at radius 1 is 1.21 bits per heavy atom. The molecule has 0 aliphatic heterocycles. The van der Waals surface area contributed by atoms with Crippen LogP contribution in [0.2, 0.25) is 0 Å². The quantitative estimate of drug-likeness (QED) is 0.709. The van der Waals surface area contributed by atoms with Gasteiger partial charge in [-0.3, -0.25) is 5.41 Å². The van der Waals surface area contributed by atoms with E-state index in [2.05, 4.69) is 0 Å². The molecule has 1 aromatic rings. The minimum atomic E-state index is -4.53. The highest BCUT2D eigenvalue weighted by Gasteiger charge is 2.37. The molecule has 1 nitrogen and oxygen atoms in total. The monoisotopic (exact) mass is 201 g/mol. The molecule has 0 radical (unpaired) electrons. The fraction of sp³-hybridized carbons (Fsp3) is 0.300. The van der Waals surface area contributed by atoms with Gasteiger partial charge in [0.15, 0.2) is 0 Å². The number of rotatable bonds is 2. The Morgan fingerprint density at radius 3 is 2.14 bits per heavy atom. The van der Waals surface area contributed by atoms with E-state index in [0.29, 0.717) is 5.56 Å². The molecule has 14 heavy (non-hydrogen) atoms. The molecule has 1 aromatic carbocycles. The van der Waals surface area contributed by atoms with Crippen LogP contribution >= 0.6 is 0 Å². The summed E-state index contributed by atoms with van der Waals surface area (Å²) in [7, 11) is 0. The Morgan fingerprint density at radius 2 is 1.71 bits per heavy atom. The largest absolute Gasteiger partial charge is 0.429 e. The van der Waals surface area contributed by atoms with Gasteiger partial charge in [0.2, 0.25) is 0 Å². The minimum Gasteiger partial charge on any atom is -0.300 e. The van der Waals surface area contributed by atoms with E-state index >= 15 is 0 Å². The second-order valence-electron chi connectivity index (χ2n) is 3.04.